The Morgan fingerprint density at radius 3 is 2.27 bits per heavy atom. The summed E-state index contributed by atoms with van der Waals surface area (Å²) in [7, 11) is 0. The van der Waals surface area contributed by atoms with Gasteiger partial charge in [0.15, 0.2) is 5.76 Å². The van der Waals surface area contributed by atoms with Gasteiger partial charge in [0.2, 0.25) is 5.91 Å². The molecule has 0 aromatic carbocycles. The maximum atomic E-state index is 10.4. The molecular weight excluding hydrogens is 148 g/mol. The van der Waals surface area contributed by atoms with Gasteiger partial charge in [0.1, 0.15) is 0 Å². The minimum Gasteiger partial charge on any atom is -0.488 e. The number of carbonyl (C=O) groups is 2. The normalized spacial score (nSPS) is 10.8. The van der Waals surface area contributed by atoms with Gasteiger partial charge in [0.05, 0.1) is 12.7 Å². The molecule has 0 saturated heterocycles. The van der Waals surface area contributed by atoms with E-state index in [1.807, 2.05) is 0 Å². The monoisotopic (exact) mass is 158 g/mol. The average molecular weight is 158 g/mol. The van der Waals surface area contributed by atoms with Crippen molar-refractivity contribution in [2.75, 3.05) is 6.61 Å². The van der Waals surface area contributed by atoms with Gasteiger partial charge < -0.3 is 16.2 Å². The van der Waals surface area contributed by atoms with E-state index in [9.17, 15) is 9.59 Å². The fourth-order valence-electron chi connectivity index (χ4n) is 0.469. The molecule has 0 fully saturated rings. The van der Waals surface area contributed by atoms with Crippen LogP contribution in [0.3, 0.4) is 0 Å². The zero-order valence-corrected chi connectivity index (χ0v) is 6.16. The van der Waals surface area contributed by atoms with Gasteiger partial charge in [0, 0.05) is 0 Å². The highest BCUT2D eigenvalue weighted by Gasteiger charge is 2.05. The van der Waals surface area contributed by atoms with Crippen molar-refractivity contribution in [3.05, 3.63) is 11.8 Å². The Labute approximate surface area is 64.0 Å². The second-order valence-corrected chi connectivity index (χ2v) is 1.71. The SMILES string of the molecule is CCOC(=CC(N)=O)C(N)=O. The van der Waals surface area contributed by atoms with E-state index in [0.717, 1.165) is 6.08 Å². The number of primary amides is 2. The molecule has 0 atom stereocenters. The van der Waals surface area contributed by atoms with Crippen LogP contribution in [0.5, 0.6) is 0 Å². The number of carbonyl (C=O) groups excluding carboxylic acids is 2. The van der Waals surface area contributed by atoms with Gasteiger partial charge >= 0.3 is 0 Å². The smallest absolute Gasteiger partial charge is 0.283 e. The maximum Gasteiger partial charge on any atom is 0.283 e. The predicted molar refractivity (Wildman–Crippen MR) is 38.1 cm³/mol. The Hall–Kier alpha value is -1.52. The molecular formula is C6H10N2O3. The molecule has 0 aliphatic carbocycles. The molecule has 0 radical (unpaired) electrons. The second kappa shape index (κ2) is 4.32. The molecule has 0 bridgehead atoms. The molecule has 11 heavy (non-hydrogen) atoms. The topological polar surface area (TPSA) is 95.4 Å². The molecule has 0 unspecified atom stereocenters. The first-order chi connectivity index (χ1) is 5.07. The highest BCUT2D eigenvalue weighted by molar-refractivity contribution is 5.98. The van der Waals surface area contributed by atoms with Gasteiger partial charge in [0.25, 0.3) is 5.91 Å². The van der Waals surface area contributed by atoms with Crippen molar-refractivity contribution in [2.45, 2.75) is 6.92 Å². The summed E-state index contributed by atoms with van der Waals surface area (Å²) in [6, 6.07) is 0. The molecule has 0 aromatic rings. The quantitative estimate of drug-likeness (QED) is 0.400. The number of ether oxygens (including phenoxy) is 1. The Bertz CT molecular complexity index is 198. The van der Waals surface area contributed by atoms with E-state index in [-0.39, 0.29) is 12.4 Å². The number of hydrogen-bond acceptors (Lipinski definition) is 3. The lowest BCUT2D eigenvalue weighted by atomic mass is 10.4. The van der Waals surface area contributed by atoms with Crippen LogP contribution in [0.1, 0.15) is 6.92 Å². The van der Waals surface area contributed by atoms with Gasteiger partial charge in [-0.15, -0.1) is 0 Å². The van der Waals surface area contributed by atoms with E-state index in [0.29, 0.717) is 0 Å². The third-order valence-corrected chi connectivity index (χ3v) is 0.816. The van der Waals surface area contributed by atoms with Crippen LogP contribution in [0.15, 0.2) is 11.8 Å². The summed E-state index contributed by atoms with van der Waals surface area (Å²) in [4.78, 5) is 20.7. The summed E-state index contributed by atoms with van der Waals surface area (Å²) in [5.74, 6) is -1.77. The maximum absolute atomic E-state index is 10.4. The molecule has 0 aliphatic heterocycles. The first kappa shape index (κ1) is 9.48. The van der Waals surface area contributed by atoms with Gasteiger partial charge in [-0.3, -0.25) is 9.59 Å². The Balaban J connectivity index is 4.32. The minimum atomic E-state index is -0.800. The zero-order chi connectivity index (χ0) is 8.85. The van der Waals surface area contributed by atoms with E-state index in [2.05, 4.69) is 0 Å². The third kappa shape index (κ3) is 3.96. The molecule has 2 amide bonds. The molecule has 0 heterocycles. The molecule has 5 nitrogen and oxygen atoms in total. The first-order valence-electron chi connectivity index (χ1n) is 3.01. The van der Waals surface area contributed by atoms with Crippen molar-refractivity contribution in [3.63, 3.8) is 0 Å². The van der Waals surface area contributed by atoms with Crippen LogP contribution in [0, 0.1) is 0 Å². The van der Waals surface area contributed by atoms with Crippen LogP contribution in [0.25, 0.3) is 0 Å². The Kier molecular flexibility index (Phi) is 3.72. The van der Waals surface area contributed by atoms with Crippen LogP contribution in [0.2, 0.25) is 0 Å². The van der Waals surface area contributed by atoms with Crippen LogP contribution in [0.4, 0.5) is 0 Å². The van der Waals surface area contributed by atoms with Crippen LogP contribution >= 0.6 is 0 Å². The molecule has 0 aliphatic rings. The van der Waals surface area contributed by atoms with Gasteiger partial charge in [-0.1, -0.05) is 0 Å². The molecule has 5 heteroatoms. The molecule has 0 aromatic heterocycles. The Morgan fingerprint density at radius 1 is 1.45 bits per heavy atom. The van der Waals surface area contributed by atoms with Crippen LogP contribution < -0.4 is 11.5 Å². The van der Waals surface area contributed by atoms with Crippen molar-refractivity contribution in [3.8, 4) is 0 Å². The minimum absolute atomic E-state index is 0.208. The molecule has 62 valence electrons. The van der Waals surface area contributed by atoms with Crippen molar-refractivity contribution in [2.24, 2.45) is 11.5 Å². The lowest BCUT2D eigenvalue weighted by Gasteiger charge is -2.01. The van der Waals surface area contributed by atoms with E-state index in [4.69, 9.17) is 16.2 Å². The van der Waals surface area contributed by atoms with Crippen molar-refractivity contribution in [1.29, 1.82) is 0 Å². The van der Waals surface area contributed by atoms with Crippen molar-refractivity contribution < 1.29 is 14.3 Å². The summed E-state index contributed by atoms with van der Waals surface area (Å²) in [6.07, 6.45) is 0.853. The lowest BCUT2D eigenvalue weighted by Crippen LogP contribution is -2.19. The number of rotatable bonds is 4. The molecule has 0 saturated carbocycles. The highest BCUT2D eigenvalue weighted by Crippen LogP contribution is 1.94. The number of amides is 2. The summed E-state index contributed by atoms with van der Waals surface area (Å²) < 4.78 is 4.70. The second-order valence-electron chi connectivity index (χ2n) is 1.71. The summed E-state index contributed by atoms with van der Waals surface area (Å²) in [5, 5.41) is 0. The average Bonchev–Trinajstić information content (AvgIpc) is 1.86. The zero-order valence-electron chi connectivity index (χ0n) is 6.16. The number of hydrogen-bond donors (Lipinski definition) is 2. The highest BCUT2D eigenvalue weighted by atomic mass is 16.5. The van der Waals surface area contributed by atoms with Crippen LogP contribution in [-0.4, -0.2) is 18.4 Å². The fourth-order valence-corrected chi connectivity index (χ4v) is 0.469. The fraction of sp³-hybridized carbons (Fsp3) is 0.333. The van der Waals surface area contributed by atoms with Gasteiger partial charge in [-0.2, -0.15) is 0 Å². The van der Waals surface area contributed by atoms with Crippen molar-refractivity contribution >= 4 is 11.8 Å². The lowest BCUT2D eigenvalue weighted by molar-refractivity contribution is -0.119. The molecule has 4 N–H and O–H groups in total. The predicted octanol–water partition coefficient (Wildman–Crippen LogP) is -1.12. The van der Waals surface area contributed by atoms with E-state index >= 15 is 0 Å². The van der Waals surface area contributed by atoms with E-state index in [1.165, 1.54) is 0 Å². The first-order valence-corrected chi connectivity index (χ1v) is 3.01. The molecule has 0 rings (SSSR count). The van der Waals surface area contributed by atoms with E-state index < -0.39 is 11.8 Å². The standard InChI is InChI=1S/C6H10N2O3/c1-2-11-4(6(8)10)3-5(7)9/h3H,2H2,1H3,(H2,7,9)(H2,8,10). The van der Waals surface area contributed by atoms with Gasteiger partial charge in [-0.05, 0) is 6.92 Å². The van der Waals surface area contributed by atoms with E-state index in [1.54, 1.807) is 6.92 Å². The summed E-state index contributed by atoms with van der Waals surface area (Å²) >= 11 is 0. The van der Waals surface area contributed by atoms with Crippen LogP contribution in [-0.2, 0) is 14.3 Å². The summed E-state index contributed by atoms with van der Waals surface area (Å²) in [5.41, 5.74) is 9.59. The summed E-state index contributed by atoms with van der Waals surface area (Å²) in [6.45, 7) is 1.93. The number of nitrogens with two attached hydrogens (primary N) is 2. The third-order valence-electron chi connectivity index (χ3n) is 0.816. The largest absolute Gasteiger partial charge is 0.488 e. The van der Waals surface area contributed by atoms with Crippen molar-refractivity contribution in [1.82, 2.24) is 0 Å². The Morgan fingerprint density at radius 2 is 2.00 bits per heavy atom. The van der Waals surface area contributed by atoms with Gasteiger partial charge in [-0.25, -0.2) is 0 Å². The molecule has 0 spiro atoms.